The van der Waals surface area contributed by atoms with E-state index in [0.29, 0.717) is 17.3 Å². The van der Waals surface area contributed by atoms with Crippen LogP contribution in [0.25, 0.3) is 11.3 Å². The molecule has 3 aromatic rings. The number of nitrogens with one attached hydrogen (secondary N) is 1. The Morgan fingerprint density at radius 2 is 1.74 bits per heavy atom. The molecule has 5 heteroatoms. The number of anilines is 2. The van der Waals surface area contributed by atoms with E-state index in [9.17, 15) is 5.26 Å². The van der Waals surface area contributed by atoms with E-state index < -0.39 is 0 Å². The van der Waals surface area contributed by atoms with Crippen molar-refractivity contribution in [2.45, 2.75) is 0 Å². The second-order valence-electron chi connectivity index (χ2n) is 4.79. The number of nitriles is 1. The highest BCUT2D eigenvalue weighted by Gasteiger charge is 2.07. The first-order chi connectivity index (χ1) is 11.3. The van der Waals surface area contributed by atoms with Gasteiger partial charge >= 0.3 is 0 Å². The molecule has 0 radical (unpaired) electrons. The maximum atomic E-state index is 9.18. The number of aromatic nitrogens is 2. The van der Waals surface area contributed by atoms with E-state index in [1.54, 1.807) is 13.2 Å². The molecule has 0 aliphatic heterocycles. The third kappa shape index (κ3) is 3.44. The molecule has 0 atom stereocenters. The number of hydrogen-bond acceptors (Lipinski definition) is 5. The summed E-state index contributed by atoms with van der Waals surface area (Å²) in [6, 6.07) is 20.8. The summed E-state index contributed by atoms with van der Waals surface area (Å²) in [6.07, 6.45) is 0. The number of hydrogen-bond donors (Lipinski definition) is 1. The average molecular weight is 302 g/mol. The van der Waals surface area contributed by atoms with Gasteiger partial charge in [0.1, 0.15) is 17.5 Å². The minimum atomic E-state index is 0.315. The lowest BCUT2D eigenvalue weighted by atomic mass is 10.1. The summed E-state index contributed by atoms with van der Waals surface area (Å²) in [6.45, 7) is 0. The van der Waals surface area contributed by atoms with Crippen LogP contribution < -0.4 is 10.1 Å². The molecule has 0 amide bonds. The largest absolute Gasteiger partial charge is 0.497 e. The molecule has 1 N–H and O–H groups in total. The second-order valence-corrected chi connectivity index (χ2v) is 4.79. The monoisotopic (exact) mass is 302 g/mol. The third-order valence-electron chi connectivity index (χ3n) is 3.26. The minimum absolute atomic E-state index is 0.315. The Labute approximate surface area is 134 Å². The summed E-state index contributed by atoms with van der Waals surface area (Å²) in [5, 5.41) is 12.3. The molecule has 1 heterocycles. The molecular formula is C18H14N4O. The molecule has 3 rings (SSSR count). The van der Waals surface area contributed by atoms with Crippen LogP contribution in [0.2, 0.25) is 0 Å². The maximum absolute atomic E-state index is 9.18. The summed E-state index contributed by atoms with van der Waals surface area (Å²) < 4.78 is 5.13. The van der Waals surface area contributed by atoms with Gasteiger partial charge in [0.25, 0.3) is 0 Å². The van der Waals surface area contributed by atoms with Crippen molar-refractivity contribution in [3.05, 3.63) is 66.4 Å². The number of ether oxygens (including phenoxy) is 1. The van der Waals surface area contributed by atoms with E-state index in [0.717, 1.165) is 17.0 Å². The van der Waals surface area contributed by atoms with Crippen molar-refractivity contribution in [3.8, 4) is 23.1 Å². The van der Waals surface area contributed by atoms with Gasteiger partial charge < -0.3 is 10.1 Å². The van der Waals surface area contributed by atoms with Crippen molar-refractivity contribution in [2.75, 3.05) is 12.4 Å². The molecule has 23 heavy (non-hydrogen) atoms. The quantitative estimate of drug-likeness (QED) is 0.794. The van der Waals surface area contributed by atoms with Gasteiger partial charge in [-0.15, -0.1) is 0 Å². The minimum Gasteiger partial charge on any atom is -0.497 e. The van der Waals surface area contributed by atoms with Crippen LogP contribution in [-0.4, -0.2) is 17.1 Å². The standard InChI is InChI=1S/C18H14N4O/c1-23-16-9-7-14(8-10-16)20-18-21-15(12-19)11-17(22-18)13-5-3-2-4-6-13/h2-11H,1H3,(H,20,21,22). The van der Waals surface area contributed by atoms with Crippen LogP contribution in [0, 0.1) is 11.3 Å². The number of nitrogens with zero attached hydrogens (tertiary/aromatic N) is 3. The topological polar surface area (TPSA) is 70.8 Å². The lowest BCUT2D eigenvalue weighted by Crippen LogP contribution is -2.00. The highest BCUT2D eigenvalue weighted by molar-refractivity contribution is 5.63. The van der Waals surface area contributed by atoms with Crippen LogP contribution in [0.4, 0.5) is 11.6 Å². The lowest BCUT2D eigenvalue weighted by Gasteiger charge is -2.08. The number of methoxy groups -OCH3 is 1. The predicted molar refractivity (Wildman–Crippen MR) is 88.5 cm³/mol. The zero-order valence-electron chi connectivity index (χ0n) is 12.5. The molecule has 0 fully saturated rings. The highest BCUT2D eigenvalue weighted by Crippen LogP contribution is 2.22. The second kappa shape index (κ2) is 6.58. The van der Waals surface area contributed by atoms with Gasteiger partial charge in [-0.1, -0.05) is 30.3 Å². The van der Waals surface area contributed by atoms with Gasteiger partial charge in [-0.3, -0.25) is 0 Å². The zero-order chi connectivity index (χ0) is 16.1. The predicted octanol–water partition coefficient (Wildman–Crippen LogP) is 3.77. The summed E-state index contributed by atoms with van der Waals surface area (Å²) >= 11 is 0. The van der Waals surface area contributed by atoms with E-state index in [1.807, 2.05) is 54.6 Å². The molecule has 0 saturated carbocycles. The molecule has 0 saturated heterocycles. The number of rotatable bonds is 4. The summed E-state index contributed by atoms with van der Waals surface area (Å²) in [5.74, 6) is 1.15. The Bertz CT molecular complexity index is 839. The molecule has 0 aliphatic rings. The van der Waals surface area contributed by atoms with Crippen molar-refractivity contribution in [3.63, 3.8) is 0 Å². The van der Waals surface area contributed by atoms with E-state index in [1.165, 1.54) is 0 Å². The molecule has 0 aliphatic carbocycles. The maximum Gasteiger partial charge on any atom is 0.229 e. The Morgan fingerprint density at radius 3 is 2.39 bits per heavy atom. The summed E-state index contributed by atoms with van der Waals surface area (Å²) in [4.78, 5) is 8.69. The van der Waals surface area contributed by atoms with Crippen molar-refractivity contribution < 1.29 is 4.74 Å². The summed E-state index contributed by atoms with van der Waals surface area (Å²) in [5.41, 5.74) is 2.77. The molecule has 112 valence electrons. The Morgan fingerprint density at radius 1 is 1.00 bits per heavy atom. The smallest absolute Gasteiger partial charge is 0.229 e. The zero-order valence-corrected chi connectivity index (χ0v) is 12.5. The molecule has 0 bridgehead atoms. The van der Waals surface area contributed by atoms with Gasteiger partial charge in [-0.25, -0.2) is 9.97 Å². The lowest BCUT2D eigenvalue weighted by molar-refractivity contribution is 0.415. The third-order valence-corrected chi connectivity index (χ3v) is 3.26. The van der Waals surface area contributed by atoms with E-state index in [4.69, 9.17) is 4.74 Å². The molecule has 0 unspecified atom stereocenters. The van der Waals surface area contributed by atoms with Crippen LogP contribution in [0.1, 0.15) is 5.69 Å². The summed E-state index contributed by atoms with van der Waals surface area (Å²) in [7, 11) is 1.62. The fourth-order valence-electron chi connectivity index (χ4n) is 2.12. The molecular weight excluding hydrogens is 288 g/mol. The van der Waals surface area contributed by atoms with Crippen LogP contribution in [0.3, 0.4) is 0 Å². The highest BCUT2D eigenvalue weighted by atomic mass is 16.5. The SMILES string of the molecule is COc1ccc(Nc2nc(C#N)cc(-c3ccccc3)n2)cc1. The average Bonchev–Trinajstić information content (AvgIpc) is 2.63. The molecule has 1 aromatic heterocycles. The molecule has 0 spiro atoms. The van der Waals surface area contributed by atoms with Gasteiger partial charge in [0, 0.05) is 17.3 Å². The van der Waals surface area contributed by atoms with Crippen molar-refractivity contribution >= 4 is 11.6 Å². The first-order valence-corrected chi connectivity index (χ1v) is 7.04. The van der Waals surface area contributed by atoms with Gasteiger partial charge in [0.15, 0.2) is 0 Å². The van der Waals surface area contributed by atoms with Gasteiger partial charge in [-0.2, -0.15) is 5.26 Å². The Balaban J connectivity index is 1.94. The normalized spacial score (nSPS) is 9.91. The van der Waals surface area contributed by atoms with Crippen LogP contribution in [0.15, 0.2) is 60.7 Å². The van der Waals surface area contributed by atoms with E-state index >= 15 is 0 Å². The van der Waals surface area contributed by atoms with Crippen LogP contribution in [0.5, 0.6) is 5.75 Å². The Kier molecular flexibility index (Phi) is 4.16. The van der Waals surface area contributed by atoms with Gasteiger partial charge in [-0.05, 0) is 24.3 Å². The van der Waals surface area contributed by atoms with Crippen LogP contribution >= 0.6 is 0 Å². The van der Waals surface area contributed by atoms with Gasteiger partial charge in [0.05, 0.1) is 12.8 Å². The van der Waals surface area contributed by atoms with Crippen molar-refractivity contribution in [1.82, 2.24) is 9.97 Å². The first-order valence-electron chi connectivity index (χ1n) is 7.04. The van der Waals surface area contributed by atoms with Crippen molar-refractivity contribution in [1.29, 1.82) is 5.26 Å². The fourth-order valence-corrected chi connectivity index (χ4v) is 2.12. The van der Waals surface area contributed by atoms with Crippen molar-refractivity contribution in [2.24, 2.45) is 0 Å². The van der Waals surface area contributed by atoms with Gasteiger partial charge in [0.2, 0.25) is 5.95 Å². The van der Waals surface area contributed by atoms with E-state index in [-0.39, 0.29) is 0 Å². The first kappa shape index (κ1) is 14.5. The molecule has 2 aromatic carbocycles. The van der Waals surface area contributed by atoms with E-state index in [2.05, 4.69) is 21.4 Å². The number of benzene rings is 2. The molecule has 5 nitrogen and oxygen atoms in total. The van der Waals surface area contributed by atoms with Crippen LogP contribution in [-0.2, 0) is 0 Å². The Hall–Kier alpha value is -3.39. The fraction of sp³-hybridized carbons (Fsp3) is 0.0556.